The second kappa shape index (κ2) is 6.49. The van der Waals surface area contributed by atoms with Crippen LogP contribution in [0.25, 0.3) is 11.1 Å². The fourth-order valence-electron chi connectivity index (χ4n) is 1.95. The van der Waals surface area contributed by atoms with Gasteiger partial charge in [0.25, 0.3) is 0 Å². The monoisotopic (exact) mass is 336 g/mol. The van der Waals surface area contributed by atoms with Crippen LogP contribution in [-0.2, 0) is 10.8 Å². The molecule has 0 atom stereocenters. The Labute approximate surface area is 139 Å². The molecule has 5 heteroatoms. The molecule has 1 aromatic carbocycles. The van der Waals surface area contributed by atoms with E-state index in [1.165, 1.54) is 12.1 Å². The van der Waals surface area contributed by atoms with Gasteiger partial charge in [-0.25, -0.2) is 9.37 Å². The zero-order chi connectivity index (χ0) is 17.3. The number of aromatic nitrogens is 1. The van der Waals surface area contributed by atoms with Gasteiger partial charge in [0.05, 0.1) is 6.61 Å². The van der Waals surface area contributed by atoms with Crippen LogP contribution >= 0.6 is 10.3 Å². The molecule has 0 saturated carbocycles. The third-order valence-corrected chi connectivity index (χ3v) is 7.80. The average molecular weight is 336 g/mol. The standard InChI is InChI=1S/C18H25FN2OS/c1-18(2,3)23(4,5)22-12-14-6-7-15(19)11-16(14)13-8-9-21-17(20)10-13/h6-11H,12H2,1-5H3,(H2,20,21). The van der Waals surface area contributed by atoms with Crippen LogP contribution in [-0.4, -0.2) is 22.2 Å². The molecular formula is C18H25FN2OS. The number of halogens is 1. The SMILES string of the molecule is CC(C)(C)S(C)(C)OCc1ccc(F)cc1-c1ccnc(N)c1. The molecule has 0 saturated heterocycles. The van der Waals surface area contributed by atoms with Crippen molar-refractivity contribution in [3.63, 3.8) is 0 Å². The number of hydrogen-bond acceptors (Lipinski definition) is 3. The van der Waals surface area contributed by atoms with E-state index >= 15 is 0 Å². The van der Waals surface area contributed by atoms with Crippen molar-refractivity contribution in [1.82, 2.24) is 4.98 Å². The Morgan fingerprint density at radius 3 is 2.48 bits per heavy atom. The number of nitrogens with zero attached hydrogens (tertiary/aromatic N) is 1. The highest BCUT2D eigenvalue weighted by Crippen LogP contribution is 2.54. The lowest BCUT2D eigenvalue weighted by atomic mass is 10.0. The minimum absolute atomic E-state index is 0.0777. The largest absolute Gasteiger partial charge is 0.384 e. The predicted octanol–water partition coefficient (Wildman–Crippen LogP) is 4.76. The topological polar surface area (TPSA) is 48.1 Å². The van der Waals surface area contributed by atoms with Gasteiger partial charge in [-0.15, -0.1) is 10.3 Å². The molecule has 3 nitrogen and oxygen atoms in total. The number of benzene rings is 1. The number of nitrogens with two attached hydrogens (primary N) is 1. The minimum atomic E-state index is -1.24. The van der Waals surface area contributed by atoms with Crippen molar-refractivity contribution < 1.29 is 8.57 Å². The summed E-state index contributed by atoms with van der Waals surface area (Å²) in [4.78, 5) is 3.99. The molecule has 2 rings (SSSR count). The number of hydrogen-bond donors (Lipinski definition) is 1. The lowest BCUT2D eigenvalue weighted by Crippen LogP contribution is -2.25. The molecule has 0 bridgehead atoms. The predicted molar refractivity (Wildman–Crippen MR) is 98.0 cm³/mol. The molecule has 0 amide bonds. The molecular weight excluding hydrogens is 311 g/mol. The summed E-state index contributed by atoms with van der Waals surface area (Å²) in [6, 6.07) is 8.34. The molecule has 0 spiro atoms. The smallest absolute Gasteiger partial charge is 0.123 e. The van der Waals surface area contributed by atoms with Gasteiger partial charge in [0.1, 0.15) is 11.6 Å². The van der Waals surface area contributed by atoms with Gasteiger partial charge in [0.15, 0.2) is 0 Å². The number of anilines is 1. The normalized spacial score (nSPS) is 13.1. The Balaban J connectivity index is 2.33. The third kappa shape index (κ3) is 4.24. The van der Waals surface area contributed by atoms with E-state index in [1.807, 2.05) is 6.07 Å². The quantitative estimate of drug-likeness (QED) is 0.875. The van der Waals surface area contributed by atoms with E-state index in [2.05, 4.69) is 38.3 Å². The lowest BCUT2D eigenvalue weighted by molar-refractivity contribution is 0.339. The Hall–Kier alpha value is -1.59. The first-order chi connectivity index (χ1) is 10.6. The number of rotatable bonds is 4. The van der Waals surface area contributed by atoms with Gasteiger partial charge in [-0.1, -0.05) is 26.8 Å². The number of nitrogen functional groups attached to an aromatic ring is 1. The highest BCUT2D eigenvalue weighted by Gasteiger charge is 2.29. The molecule has 1 aromatic heterocycles. The van der Waals surface area contributed by atoms with E-state index in [4.69, 9.17) is 9.92 Å². The van der Waals surface area contributed by atoms with Gasteiger partial charge >= 0.3 is 0 Å². The second-order valence-corrected chi connectivity index (χ2v) is 10.8. The molecule has 0 fully saturated rings. The van der Waals surface area contributed by atoms with Crippen LogP contribution in [0.5, 0.6) is 0 Å². The van der Waals surface area contributed by atoms with Crippen LogP contribution in [0.1, 0.15) is 26.3 Å². The van der Waals surface area contributed by atoms with E-state index in [0.717, 1.165) is 16.7 Å². The van der Waals surface area contributed by atoms with Crippen LogP contribution in [0.4, 0.5) is 10.2 Å². The van der Waals surface area contributed by atoms with Crippen LogP contribution < -0.4 is 5.73 Å². The number of pyridine rings is 1. The second-order valence-electron chi connectivity index (χ2n) is 6.88. The summed E-state index contributed by atoms with van der Waals surface area (Å²) < 4.78 is 20.0. The van der Waals surface area contributed by atoms with Gasteiger partial charge in [0, 0.05) is 10.9 Å². The van der Waals surface area contributed by atoms with E-state index in [1.54, 1.807) is 18.3 Å². The van der Waals surface area contributed by atoms with Crippen molar-refractivity contribution in [2.45, 2.75) is 32.1 Å². The lowest BCUT2D eigenvalue weighted by Gasteiger charge is -2.43. The molecule has 23 heavy (non-hydrogen) atoms. The van der Waals surface area contributed by atoms with Crippen LogP contribution in [0.2, 0.25) is 0 Å². The molecule has 0 aliphatic carbocycles. The zero-order valence-corrected chi connectivity index (χ0v) is 15.2. The maximum absolute atomic E-state index is 13.7. The van der Waals surface area contributed by atoms with Crippen LogP contribution in [0.15, 0.2) is 36.5 Å². The zero-order valence-electron chi connectivity index (χ0n) is 14.4. The molecule has 0 unspecified atom stereocenters. The minimum Gasteiger partial charge on any atom is -0.384 e. The van der Waals surface area contributed by atoms with E-state index < -0.39 is 10.3 Å². The first-order valence-electron chi connectivity index (χ1n) is 7.48. The summed E-state index contributed by atoms with van der Waals surface area (Å²) in [6.45, 7) is 6.98. The van der Waals surface area contributed by atoms with E-state index in [-0.39, 0.29) is 10.6 Å². The van der Waals surface area contributed by atoms with Gasteiger partial charge in [-0.2, -0.15) is 0 Å². The van der Waals surface area contributed by atoms with Gasteiger partial charge in [-0.05, 0) is 53.5 Å². The van der Waals surface area contributed by atoms with Crippen molar-refractivity contribution in [3.05, 3.63) is 47.9 Å². The molecule has 0 radical (unpaired) electrons. The fraction of sp³-hybridized carbons (Fsp3) is 0.389. The van der Waals surface area contributed by atoms with Gasteiger partial charge in [0.2, 0.25) is 0 Å². The van der Waals surface area contributed by atoms with Crippen LogP contribution in [0, 0.1) is 5.82 Å². The summed E-state index contributed by atoms with van der Waals surface area (Å²) in [7, 11) is -1.24. The summed E-state index contributed by atoms with van der Waals surface area (Å²) in [6.07, 6.45) is 5.94. The highest BCUT2D eigenvalue weighted by molar-refractivity contribution is 8.29. The molecule has 0 aliphatic heterocycles. The van der Waals surface area contributed by atoms with Gasteiger partial charge in [-0.3, -0.25) is 0 Å². The first kappa shape index (κ1) is 17.8. The Morgan fingerprint density at radius 2 is 1.87 bits per heavy atom. The maximum Gasteiger partial charge on any atom is 0.123 e. The van der Waals surface area contributed by atoms with Crippen molar-refractivity contribution in [3.8, 4) is 11.1 Å². The van der Waals surface area contributed by atoms with Crippen molar-refractivity contribution in [2.75, 3.05) is 18.2 Å². The summed E-state index contributed by atoms with van der Waals surface area (Å²) >= 11 is 0. The van der Waals surface area contributed by atoms with Crippen molar-refractivity contribution in [2.24, 2.45) is 0 Å². The third-order valence-electron chi connectivity index (χ3n) is 4.15. The summed E-state index contributed by atoms with van der Waals surface area (Å²) in [5, 5.41) is 0. The Kier molecular flexibility index (Phi) is 5.01. The van der Waals surface area contributed by atoms with Crippen molar-refractivity contribution in [1.29, 1.82) is 0 Å². The van der Waals surface area contributed by atoms with Crippen molar-refractivity contribution >= 4 is 16.1 Å². The first-order valence-corrected chi connectivity index (χ1v) is 9.85. The summed E-state index contributed by atoms with van der Waals surface area (Å²) in [5.74, 6) is 0.140. The van der Waals surface area contributed by atoms with Gasteiger partial charge < -0.3 is 9.92 Å². The molecule has 2 aromatic rings. The highest BCUT2D eigenvalue weighted by atomic mass is 32.3. The fourth-order valence-corrected chi connectivity index (χ4v) is 2.72. The Bertz CT molecular complexity index is 696. The van der Waals surface area contributed by atoms with E-state index in [9.17, 15) is 4.39 Å². The Morgan fingerprint density at radius 1 is 1.17 bits per heavy atom. The van der Waals surface area contributed by atoms with Crippen LogP contribution in [0.3, 0.4) is 0 Å². The molecule has 1 heterocycles. The average Bonchev–Trinajstić information content (AvgIpc) is 2.44. The molecule has 126 valence electrons. The maximum atomic E-state index is 13.7. The molecule has 2 N–H and O–H groups in total. The van der Waals surface area contributed by atoms with E-state index in [0.29, 0.717) is 12.4 Å². The summed E-state index contributed by atoms with van der Waals surface area (Å²) in [5.41, 5.74) is 8.34. The molecule has 0 aliphatic rings.